The van der Waals surface area contributed by atoms with Crippen LogP contribution in [0.1, 0.15) is 26.5 Å². The fraction of sp³-hybridized carbons (Fsp3) is 0.600. The van der Waals surface area contributed by atoms with E-state index in [1.807, 2.05) is 0 Å². The summed E-state index contributed by atoms with van der Waals surface area (Å²) in [5.41, 5.74) is 5.53. The second-order valence-electron chi connectivity index (χ2n) is 4.35. The molecule has 0 aliphatic carbocycles. The van der Waals surface area contributed by atoms with Crippen LogP contribution in [0.15, 0.2) is 10.6 Å². The Hall–Kier alpha value is -1.56. The Balaban J connectivity index is 2.50. The number of hydrogen-bond acceptors (Lipinski definition) is 5. The second kappa shape index (κ2) is 4.98. The molecule has 1 amide bonds. The molecule has 16 heavy (non-hydrogen) atoms. The van der Waals surface area contributed by atoms with E-state index in [1.165, 1.54) is 0 Å². The number of carbonyl (C=O) groups excluding carboxylic acids is 1. The zero-order valence-electron chi connectivity index (χ0n) is 9.74. The summed E-state index contributed by atoms with van der Waals surface area (Å²) in [6.45, 7) is 5.84. The molecule has 1 rings (SSSR count). The minimum Gasteiger partial charge on any atom is -0.444 e. The lowest BCUT2D eigenvalue weighted by atomic mass is 10.2. The van der Waals surface area contributed by atoms with Crippen LogP contribution in [0, 0.1) is 0 Å². The Morgan fingerprint density at radius 1 is 1.62 bits per heavy atom. The first-order chi connectivity index (χ1) is 7.40. The molecule has 0 fully saturated rings. The molecule has 1 heterocycles. The molecule has 0 radical (unpaired) electrons. The Morgan fingerprint density at radius 3 is 2.88 bits per heavy atom. The predicted molar refractivity (Wildman–Crippen MR) is 59.1 cm³/mol. The summed E-state index contributed by atoms with van der Waals surface area (Å²) in [5, 5.41) is 6.18. The molecule has 0 aliphatic rings. The molecule has 0 atom stereocenters. The maximum Gasteiger partial charge on any atom is 0.414 e. The zero-order chi connectivity index (χ0) is 12.2. The molecule has 0 bridgehead atoms. The summed E-state index contributed by atoms with van der Waals surface area (Å²) in [5.74, 6) is 0.262. The molecule has 0 aliphatic heterocycles. The van der Waals surface area contributed by atoms with Crippen molar-refractivity contribution in [2.75, 3.05) is 11.9 Å². The number of nitrogens with one attached hydrogen (secondary N) is 1. The second-order valence-corrected chi connectivity index (χ2v) is 4.35. The third-order valence-corrected chi connectivity index (χ3v) is 1.58. The van der Waals surface area contributed by atoms with E-state index in [1.54, 1.807) is 26.8 Å². The van der Waals surface area contributed by atoms with Crippen molar-refractivity contribution in [3.8, 4) is 0 Å². The highest BCUT2D eigenvalue weighted by atomic mass is 16.6. The van der Waals surface area contributed by atoms with Crippen molar-refractivity contribution >= 4 is 12.0 Å². The normalized spacial score (nSPS) is 11.2. The first-order valence-corrected chi connectivity index (χ1v) is 5.06. The van der Waals surface area contributed by atoms with E-state index in [0.717, 1.165) is 0 Å². The van der Waals surface area contributed by atoms with Crippen LogP contribution in [0.4, 0.5) is 10.7 Å². The highest BCUT2D eigenvalue weighted by molar-refractivity contribution is 5.83. The van der Waals surface area contributed by atoms with Gasteiger partial charge in [-0.1, -0.05) is 5.16 Å². The van der Waals surface area contributed by atoms with E-state index >= 15 is 0 Å². The standard InChI is InChI=1S/C10H17N3O3/c1-10(2,3)15-9(14)12-8-6-7(4-5-11)13-16-8/h6H,4-5,11H2,1-3H3,(H,12,14). The van der Waals surface area contributed by atoms with Gasteiger partial charge in [0, 0.05) is 12.5 Å². The van der Waals surface area contributed by atoms with E-state index in [2.05, 4.69) is 10.5 Å². The van der Waals surface area contributed by atoms with Crippen LogP contribution in [-0.2, 0) is 11.2 Å². The number of nitrogens with two attached hydrogens (primary N) is 1. The molecule has 6 heteroatoms. The Bertz CT molecular complexity index is 354. The molecule has 1 aromatic heterocycles. The third kappa shape index (κ3) is 4.31. The number of nitrogens with zero attached hydrogens (tertiary/aromatic N) is 1. The molecular weight excluding hydrogens is 210 g/mol. The first-order valence-electron chi connectivity index (χ1n) is 5.06. The highest BCUT2D eigenvalue weighted by Crippen LogP contribution is 2.13. The van der Waals surface area contributed by atoms with Crippen molar-refractivity contribution < 1.29 is 14.1 Å². The molecule has 0 saturated heterocycles. The van der Waals surface area contributed by atoms with Crippen LogP contribution in [0.25, 0.3) is 0 Å². The van der Waals surface area contributed by atoms with Gasteiger partial charge in [-0.25, -0.2) is 4.79 Å². The zero-order valence-corrected chi connectivity index (χ0v) is 9.74. The number of rotatable bonds is 3. The van der Waals surface area contributed by atoms with Gasteiger partial charge in [0.25, 0.3) is 0 Å². The van der Waals surface area contributed by atoms with Gasteiger partial charge in [-0.3, -0.25) is 5.32 Å². The summed E-state index contributed by atoms with van der Waals surface area (Å²) in [7, 11) is 0. The van der Waals surface area contributed by atoms with Gasteiger partial charge in [-0.15, -0.1) is 0 Å². The molecular formula is C10H17N3O3. The highest BCUT2D eigenvalue weighted by Gasteiger charge is 2.17. The Labute approximate surface area is 94.1 Å². The van der Waals surface area contributed by atoms with E-state index in [4.69, 9.17) is 15.0 Å². The van der Waals surface area contributed by atoms with Crippen molar-refractivity contribution in [3.63, 3.8) is 0 Å². The van der Waals surface area contributed by atoms with Gasteiger partial charge in [0.1, 0.15) is 5.60 Å². The SMILES string of the molecule is CC(C)(C)OC(=O)Nc1cc(CCN)no1. The van der Waals surface area contributed by atoms with Gasteiger partial charge < -0.3 is 15.0 Å². The average Bonchev–Trinajstić information content (AvgIpc) is 2.49. The quantitative estimate of drug-likeness (QED) is 0.817. The van der Waals surface area contributed by atoms with Crippen molar-refractivity contribution in [3.05, 3.63) is 11.8 Å². The lowest BCUT2D eigenvalue weighted by Gasteiger charge is -2.18. The Kier molecular flexibility index (Phi) is 3.89. The lowest BCUT2D eigenvalue weighted by molar-refractivity contribution is 0.0631. The van der Waals surface area contributed by atoms with Gasteiger partial charge in [0.2, 0.25) is 5.88 Å². The Morgan fingerprint density at radius 2 is 2.31 bits per heavy atom. The van der Waals surface area contributed by atoms with Crippen LogP contribution < -0.4 is 11.1 Å². The fourth-order valence-corrected chi connectivity index (χ4v) is 1.04. The molecule has 0 saturated carbocycles. The largest absolute Gasteiger partial charge is 0.444 e. The lowest BCUT2D eigenvalue weighted by Crippen LogP contribution is -2.27. The van der Waals surface area contributed by atoms with Crippen molar-refractivity contribution in [1.82, 2.24) is 5.16 Å². The average molecular weight is 227 g/mol. The minimum absolute atomic E-state index is 0.262. The van der Waals surface area contributed by atoms with Crippen LogP contribution in [-0.4, -0.2) is 23.4 Å². The predicted octanol–water partition coefficient (Wildman–Crippen LogP) is 1.52. The van der Waals surface area contributed by atoms with Gasteiger partial charge in [0.15, 0.2) is 0 Å². The monoisotopic (exact) mass is 227 g/mol. The van der Waals surface area contributed by atoms with Gasteiger partial charge in [-0.2, -0.15) is 0 Å². The van der Waals surface area contributed by atoms with Crippen molar-refractivity contribution in [2.45, 2.75) is 32.8 Å². The number of aromatic nitrogens is 1. The third-order valence-electron chi connectivity index (χ3n) is 1.58. The summed E-state index contributed by atoms with van der Waals surface area (Å²) >= 11 is 0. The van der Waals surface area contributed by atoms with Gasteiger partial charge >= 0.3 is 6.09 Å². The summed E-state index contributed by atoms with van der Waals surface area (Å²) in [6.07, 6.45) is 0.0439. The van der Waals surface area contributed by atoms with Crippen LogP contribution in [0.3, 0.4) is 0 Å². The maximum absolute atomic E-state index is 11.3. The molecule has 6 nitrogen and oxygen atoms in total. The van der Waals surface area contributed by atoms with E-state index in [9.17, 15) is 4.79 Å². The van der Waals surface area contributed by atoms with Crippen molar-refractivity contribution in [1.29, 1.82) is 0 Å². The van der Waals surface area contributed by atoms with E-state index in [0.29, 0.717) is 18.7 Å². The molecule has 3 N–H and O–H groups in total. The molecule has 90 valence electrons. The van der Waals surface area contributed by atoms with Gasteiger partial charge in [-0.05, 0) is 27.3 Å². The van der Waals surface area contributed by atoms with Crippen LogP contribution >= 0.6 is 0 Å². The summed E-state index contributed by atoms with van der Waals surface area (Å²) in [6, 6.07) is 1.62. The van der Waals surface area contributed by atoms with Gasteiger partial charge in [0.05, 0.1) is 5.69 Å². The van der Waals surface area contributed by atoms with E-state index < -0.39 is 11.7 Å². The van der Waals surface area contributed by atoms with Crippen LogP contribution in [0.2, 0.25) is 0 Å². The topological polar surface area (TPSA) is 90.4 Å². The number of ether oxygens (including phenoxy) is 1. The number of hydrogen-bond donors (Lipinski definition) is 2. The first kappa shape index (κ1) is 12.5. The van der Waals surface area contributed by atoms with Crippen LogP contribution in [0.5, 0.6) is 0 Å². The molecule has 1 aromatic rings. The molecule has 0 aromatic carbocycles. The number of amides is 1. The number of anilines is 1. The number of carbonyl (C=O) groups is 1. The maximum atomic E-state index is 11.3. The fourth-order valence-electron chi connectivity index (χ4n) is 1.04. The molecule has 0 spiro atoms. The molecule has 0 unspecified atom stereocenters. The summed E-state index contributed by atoms with van der Waals surface area (Å²) in [4.78, 5) is 11.3. The van der Waals surface area contributed by atoms with Crippen molar-refractivity contribution in [2.24, 2.45) is 5.73 Å². The summed E-state index contributed by atoms with van der Waals surface area (Å²) < 4.78 is 9.93. The van der Waals surface area contributed by atoms with E-state index in [-0.39, 0.29) is 5.88 Å². The minimum atomic E-state index is -0.567. The smallest absolute Gasteiger partial charge is 0.414 e.